The van der Waals surface area contributed by atoms with Crippen molar-refractivity contribution >= 4 is 23.2 Å². The first-order chi connectivity index (χ1) is 16.9. The number of carbonyl (C=O) groups excluding carboxylic acids is 1. The number of primary amides is 1. The van der Waals surface area contributed by atoms with E-state index in [4.69, 9.17) is 22.1 Å². The third-order valence-corrected chi connectivity index (χ3v) is 7.16. The number of halogens is 3. The van der Waals surface area contributed by atoms with Gasteiger partial charge in [0.2, 0.25) is 5.91 Å². The topological polar surface area (TPSA) is 96.6 Å². The Morgan fingerprint density at radius 3 is 2.74 bits per heavy atom. The van der Waals surface area contributed by atoms with Crippen LogP contribution in [0.4, 0.5) is 14.5 Å². The van der Waals surface area contributed by atoms with Crippen LogP contribution in [-0.2, 0) is 12.0 Å². The number of aliphatic hydroxyl groups excluding tert-OH is 1. The molecule has 2 atom stereocenters. The monoisotopic (exact) mass is 499 g/mol. The van der Waals surface area contributed by atoms with E-state index >= 15 is 4.39 Å². The highest BCUT2D eigenvalue weighted by Crippen LogP contribution is 2.56. The molecule has 0 bridgehead atoms. The van der Waals surface area contributed by atoms with Crippen LogP contribution in [-0.4, -0.2) is 37.3 Å². The maximum atomic E-state index is 15.9. The van der Waals surface area contributed by atoms with Crippen molar-refractivity contribution in [3.8, 4) is 16.9 Å². The average molecular weight is 500 g/mol. The van der Waals surface area contributed by atoms with E-state index in [-0.39, 0.29) is 42.1 Å². The molecule has 0 saturated heterocycles. The van der Waals surface area contributed by atoms with Crippen molar-refractivity contribution in [2.45, 2.75) is 17.4 Å². The Kier molecular flexibility index (Phi) is 6.13. The normalized spacial score (nSPS) is 20.2. The lowest BCUT2D eigenvalue weighted by Crippen LogP contribution is -2.44. The van der Waals surface area contributed by atoms with Crippen LogP contribution in [0.3, 0.4) is 0 Å². The van der Waals surface area contributed by atoms with Crippen molar-refractivity contribution < 1.29 is 23.4 Å². The zero-order valence-corrected chi connectivity index (χ0v) is 19.5. The summed E-state index contributed by atoms with van der Waals surface area (Å²) in [4.78, 5) is 12.4. The van der Waals surface area contributed by atoms with Gasteiger partial charge in [-0.15, -0.1) is 11.6 Å². The lowest BCUT2D eigenvalue weighted by molar-refractivity contribution is 0.0852. The van der Waals surface area contributed by atoms with Crippen LogP contribution < -0.4 is 21.1 Å². The molecule has 0 unspecified atom stereocenters. The van der Waals surface area contributed by atoms with E-state index in [0.717, 1.165) is 5.56 Å². The molecule has 0 spiro atoms. The van der Waals surface area contributed by atoms with E-state index in [1.165, 1.54) is 18.2 Å². The summed E-state index contributed by atoms with van der Waals surface area (Å²) in [6, 6.07) is 13.1. The Morgan fingerprint density at radius 1 is 1.26 bits per heavy atom. The Labute approximate surface area is 206 Å². The number of nitrogens with two attached hydrogens (primary N) is 1. The summed E-state index contributed by atoms with van der Waals surface area (Å²) < 4.78 is 37.1. The molecular formula is C26H24ClF2N3O3. The molecule has 6 nitrogen and oxygen atoms in total. The molecule has 0 saturated carbocycles. The summed E-state index contributed by atoms with van der Waals surface area (Å²) in [7, 11) is 0. The first-order valence-electron chi connectivity index (χ1n) is 11.3. The minimum Gasteiger partial charge on any atom is -0.479 e. The number of hydrogen-bond acceptors (Lipinski definition) is 5. The lowest BCUT2D eigenvalue weighted by atomic mass is 9.84. The molecule has 5 rings (SSSR count). The SMILES string of the molecule is NC(=O)c1cc2c(c(F)c1-c1cc(F)cc3c1[C@H](Cl)[C@@](CNCCO)(c1ccccc1)O3)CCN2. The molecule has 0 radical (unpaired) electrons. The third kappa shape index (κ3) is 3.82. The Hall–Kier alpha value is -3.20. The quantitative estimate of drug-likeness (QED) is 0.292. The van der Waals surface area contributed by atoms with E-state index < -0.39 is 28.5 Å². The number of rotatable bonds is 7. The molecule has 3 aromatic rings. The fourth-order valence-electron chi connectivity index (χ4n) is 5.01. The number of nitrogens with one attached hydrogen (secondary N) is 2. The molecule has 2 aliphatic rings. The summed E-state index contributed by atoms with van der Waals surface area (Å²) >= 11 is 7.09. The van der Waals surface area contributed by atoms with Crippen molar-refractivity contribution in [3.05, 3.63) is 82.4 Å². The fourth-order valence-corrected chi connectivity index (χ4v) is 5.48. The zero-order valence-electron chi connectivity index (χ0n) is 18.7. The van der Waals surface area contributed by atoms with Gasteiger partial charge in [0.05, 0.1) is 12.2 Å². The van der Waals surface area contributed by atoms with Gasteiger partial charge in [-0.2, -0.15) is 0 Å². The van der Waals surface area contributed by atoms with Gasteiger partial charge < -0.3 is 26.2 Å². The van der Waals surface area contributed by atoms with Crippen LogP contribution >= 0.6 is 11.6 Å². The molecule has 9 heteroatoms. The van der Waals surface area contributed by atoms with Gasteiger partial charge >= 0.3 is 0 Å². The van der Waals surface area contributed by atoms with Gasteiger partial charge in [0.1, 0.15) is 22.8 Å². The van der Waals surface area contributed by atoms with E-state index in [0.29, 0.717) is 29.8 Å². The number of ether oxygens (including phenoxy) is 1. The second-order valence-electron chi connectivity index (χ2n) is 8.67. The maximum Gasteiger partial charge on any atom is 0.249 e. The number of anilines is 1. The van der Waals surface area contributed by atoms with Crippen LogP contribution in [0, 0.1) is 11.6 Å². The fraction of sp³-hybridized carbons (Fsp3) is 0.269. The number of benzene rings is 3. The predicted molar refractivity (Wildman–Crippen MR) is 130 cm³/mol. The molecule has 2 aliphatic heterocycles. The highest BCUT2D eigenvalue weighted by molar-refractivity contribution is 6.23. The first kappa shape index (κ1) is 23.5. The minimum absolute atomic E-state index is 0.0667. The van der Waals surface area contributed by atoms with Gasteiger partial charge in [0.25, 0.3) is 0 Å². The molecule has 3 aromatic carbocycles. The number of alkyl halides is 1. The van der Waals surface area contributed by atoms with E-state index in [2.05, 4.69) is 10.6 Å². The maximum absolute atomic E-state index is 15.9. The average Bonchev–Trinajstić information content (AvgIpc) is 3.42. The van der Waals surface area contributed by atoms with Crippen molar-refractivity contribution in [3.63, 3.8) is 0 Å². The van der Waals surface area contributed by atoms with Crippen LogP contribution in [0.2, 0.25) is 0 Å². The van der Waals surface area contributed by atoms with E-state index in [9.17, 15) is 14.3 Å². The summed E-state index contributed by atoms with van der Waals surface area (Å²) in [6.45, 7) is 0.906. The van der Waals surface area contributed by atoms with Gasteiger partial charge in [-0.1, -0.05) is 30.3 Å². The van der Waals surface area contributed by atoms with E-state index in [1.54, 1.807) is 0 Å². The highest BCUT2D eigenvalue weighted by Gasteiger charge is 2.50. The van der Waals surface area contributed by atoms with Crippen LogP contribution in [0.5, 0.6) is 5.75 Å². The summed E-state index contributed by atoms with van der Waals surface area (Å²) in [6.07, 6.45) is 0.421. The second kappa shape index (κ2) is 9.11. The summed E-state index contributed by atoms with van der Waals surface area (Å²) in [5, 5.41) is 14.6. The number of aliphatic hydroxyl groups is 1. The van der Waals surface area contributed by atoms with Crippen LogP contribution in [0.15, 0.2) is 48.5 Å². The van der Waals surface area contributed by atoms with Crippen molar-refractivity contribution in [2.75, 3.05) is 31.6 Å². The smallest absolute Gasteiger partial charge is 0.249 e. The number of carbonyl (C=O) groups is 1. The Bertz CT molecular complexity index is 1300. The van der Waals surface area contributed by atoms with Crippen LogP contribution in [0.1, 0.15) is 32.4 Å². The zero-order chi connectivity index (χ0) is 24.7. The van der Waals surface area contributed by atoms with Crippen LogP contribution in [0.25, 0.3) is 11.1 Å². The Balaban J connectivity index is 1.73. The molecule has 0 fully saturated rings. The standard InChI is InChI=1S/C26H24ClF2N3O3/c27-24-22-17(21-18(25(30)34)12-19-16(23(21)29)6-7-32-19)10-15(28)11-20(22)35-26(24,13-31-8-9-33)14-4-2-1-3-5-14/h1-5,10-12,24,31-33H,6-9,13H2,(H2,30,34)/t24-,26+/m0/s1. The van der Waals surface area contributed by atoms with Gasteiger partial charge in [0, 0.05) is 48.1 Å². The highest BCUT2D eigenvalue weighted by atomic mass is 35.5. The molecule has 35 heavy (non-hydrogen) atoms. The molecule has 2 heterocycles. The molecule has 0 aromatic heterocycles. The number of hydrogen-bond donors (Lipinski definition) is 4. The van der Waals surface area contributed by atoms with Crippen molar-refractivity contribution in [1.82, 2.24) is 5.32 Å². The van der Waals surface area contributed by atoms with Gasteiger partial charge in [-0.25, -0.2) is 8.78 Å². The number of amides is 1. The summed E-state index contributed by atoms with van der Waals surface area (Å²) in [5.74, 6) is -1.97. The molecule has 0 aliphatic carbocycles. The first-order valence-corrected chi connectivity index (χ1v) is 11.7. The summed E-state index contributed by atoms with van der Waals surface area (Å²) in [5.41, 5.74) is 6.43. The van der Waals surface area contributed by atoms with Crippen molar-refractivity contribution in [2.24, 2.45) is 5.73 Å². The molecule has 182 valence electrons. The third-order valence-electron chi connectivity index (χ3n) is 6.59. The van der Waals surface area contributed by atoms with Crippen molar-refractivity contribution in [1.29, 1.82) is 0 Å². The van der Waals surface area contributed by atoms with Gasteiger partial charge in [-0.3, -0.25) is 4.79 Å². The molecule has 5 N–H and O–H groups in total. The van der Waals surface area contributed by atoms with Gasteiger partial charge in [0.15, 0.2) is 5.60 Å². The molecule has 1 amide bonds. The number of fused-ring (bicyclic) bond motifs is 2. The second-order valence-corrected chi connectivity index (χ2v) is 9.10. The lowest BCUT2D eigenvalue weighted by Gasteiger charge is -2.33. The predicted octanol–water partition coefficient (Wildman–Crippen LogP) is 3.85. The van der Waals surface area contributed by atoms with E-state index in [1.807, 2.05) is 30.3 Å². The van der Waals surface area contributed by atoms with Gasteiger partial charge in [-0.05, 0) is 29.7 Å². The molecular weight excluding hydrogens is 476 g/mol. The Morgan fingerprint density at radius 2 is 2.03 bits per heavy atom. The largest absolute Gasteiger partial charge is 0.479 e. The minimum atomic E-state index is -1.18.